The van der Waals surface area contributed by atoms with Crippen molar-refractivity contribution >= 4 is 22.4 Å². The SMILES string of the molecule is CC1(OCC(=O)Nc2nc(C3CC3)cs2)CNC1. The highest BCUT2D eigenvalue weighted by Crippen LogP contribution is 2.40. The minimum atomic E-state index is -0.181. The zero-order valence-electron chi connectivity index (χ0n) is 10.4. The molecule has 5 nitrogen and oxygen atoms in total. The number of carbonyl (C=O) groups excluding carboxylic acids is 1. The molecule has 0 atom stereocenters. The van der Waals surface area contributed by atoms with Crippen molar-refractivity contribution in [3.63, 3.8) is 0 Å². The van der Waals surface area contributed by atoms with Crippen LogP contribution in [0.15, 0.2) is 5.38 Å². The molecule has 0 aromatic carbocycles. The number of rotatable bonds is 5. The Hall–Kier alpha value is -0.980. The van der Waals surface area contributed by atoms with Gasteiger partial charge in [0.15, 0.2) is 5.13 Å². The van der Waals surface area contributed by atoms with Crippen LogP contribution in [0.25, 0.3) is 0 Å². The van der Waals surface area contributed by atoms with Crippen LogP contribution in [0, 0.1) is 0 Å². The Morgan fingerprint density at radius 3 is 3.06 bits per heavy atom. The molecule has 1 aliphatic heterocycles. The van der Waals surface area contributed by atoms with Gasteiger partial charge in [-0.2, -0.15) is 0 Å². The van der Waals surface area contributed by atoms with Crippen molar-refractivity contribution in [3.8, 4) is 0 Å². The third-order valence-corrected chi connectivity index (χ3v) is 4.09. The number of carbonyl (C=O) groups is 1. The molecular weight excluding hydrogens is 250 g/mol. The van der Waals surface area contributed by atoms with E-state index in [1.807, 2.05) is 12.3 Å². The molecule has 98 valence electrons. The van der Waals surface area contributed by atoms with E-state index in [1.165, 1.54) is 24.2 Å². The van der Waals surface area contributed by atoms with E-state index in [0.29, 0.717) is 11.0 Å². The highest BCUT2D eigenvalue weighted by Gasteiger charge is 2.33. The van der Waals surface area contributed by atoms with Crippen LogP contribution in [-0.2, 0) is 9.53 Å². The van der Waals surface area contributed by atoms with Crippen LogP contribution in [-0.4, -0.2) is 36.2 Å². The van der Waals surface area contributed by atoms with E-state index >= 15 is 0 Å². The lowest BCUT2D eigenvalue weighted by Gasteiger charge is -2.38. The molecular formula is C12H17N3O2S. The van der Waals surface area contributed by atoms with E-state index in [1.54, 1.807) is 0 Å². The smallest absolute Gasteiger partial charge is 0.252 e. The van der Waals surface area contributed by atoms with Gasteiger partial charge in [-0.05, 0) is 19.8 Å². The lowest BCUT2D eigenvalue weighted by Crippen LogP contribution is -2.59. The second kappa shape index (κ2) is 4.60. The third-order valence-electron chi connectivity index (χ3n) is 3.31. The molecule has 0 radical (unpaired) electrons. The van der Waals surface area contributed by atoms with Crippen LogP contribution in [0.4, 0.5) is 5.13 Å². The number of anilines is 1. The summed E-state index contributed by atoms with van der Waals surface area (Å²) in [5, 5.41) is 8.64. The molecule has 1 aromatic rings. The standard InChI is InChI=1S/C12H17N3O2S/c1-12(6-13-7-12)17-4-10(16)15-11-14-9(5-18-11)8-2-3-8/h5,8,13H,2-4,6-7H2,1H3,(H,14,15,16). The van der Waals surface area contributed by atoms with Crippen molar-refractivity contribution < 1.29 is 9.53 Å². The lowest BCUT2D eigenvalue weighted by molar-refractivity contribution is -0.130. The van der Waals surface area contributed by atoms with Gasteiger partial charge < -0.3 is 10.1 Å². The average Bonchev–Trinajstić information content (AvgIpc) is 3.06. The Kier molecular flexibility index (Phi) is 3.09. The van der Waals surface area contributed by atoms with Crippen molar-refractivity contribution in [1.82, 2.24) is 10.3 Å². The van der Waals surface area contributed by atoms with Gasteiger partial charge in [0, 0.05) is 24.4 Å². The summed E-state index contributed by atoms with van der Waals surface area (Å²) in [7, 11) is 0. The quantitative estimate of drug-likeness (QED) is 0.845. The number of hydrogen-bond donors (Lipinski definition) is 2. The molecule has 0 bridgehead atoms. The Labute approximate surface area is 110 Å². The van der Waals surface area contributed by atoms with Gasteiger partial charge in [0.1, 0.15) is 6.61 Å². The maximum Gasteiger partial charge on any atom is 0.252 e. The van der Waals surface area contributed by atoms with Crippen molar-refractivity contribution in [1.29, 1.82) is 0 Å². The number of nitrogens with zero attached hydrogens (tertiary/aromatic N) is 1. The maximum atomic E-state index is 11.7. The molecule has 2 fully saturated rings. The first-order chi connectivity index (χ1) is 8.65. The molecule has 2 aliphatic rings. The molecule has 2 heterocycles. The van der Waals surface area contributed by atoms with Crippen molar-refractivity contribution in [2.45, 2.75) is 31.3 Å². The molecule has 1 amide bonds. The Balaban J connectivity index is 1.47. The maximum absolute atomic E-state index is 11.7. The fraction of sp³-hybridized carbons (Fsp3) is 0.667. The van der Waals surface area contributed by atoms with Gasteiger partial charge in [-0.3, -0.25) is 10.1 Å². The molecule has 3 rings (SSSR count). The van der Waals surface area contributed by atoms with Gasteiger partial charge in [0.25, 0.3) is 5.91 Å². The predicted octanol–water partition coefficient (Wildman–Crippen LogP) is 1.34. The summed E-state index contributed by atoms with van der Waals surface area (Å²) in [4.78, 5) is 16.1. The lowest BCUT2D eigenvalue weighted by atomic mass is 10.0. The first-order valence-corrected chi connectivity index (χ1v) is 7.13. The summed E-state index contributed by atoms with van der Waals surface area (Å²) >= 11 is 1.49. The molecule has 0 spiro atoms. The fourth-order valence-corrected chi connectivity index (χ4v) is 2.69. The highest BCUT2D eigenvalue weighted by atomic mass is 32.1. The topological polar surface area (TPSA) is 63.2 Å². The normalized spacial score (nSPS) is 21.4. The zero-order chi connectivity index (χ0) is 12.6. The average molecular weight is 267 g/mol. The summed E-state index contributed by atoms with van der Waals surface area (Å²) in [5.74, 6) is 0.503. The summed E-state index contributed by atoms with van der Waals surface area (Å²) in [6.07, 6.45) is 2.46. The Morgan fingerprint density at radius 2 is 2.44 bits per heavy atom. The van der Waals surface area contributed by atoms with E-state index in [9.17, 15) is 4.79 Å². The molecule has 1 aliphatic carbocycles. The summed E-state index contributed by atoms with van der Waals surface area (Å²) < 4.78 is 5.57. The first kappa shape index (κ1) is 12.1. The van der Waals surface area contributed by atoms with Crippen LogP contribution in [0.3, 0.4) is 0 Å². The second-order valence-corrected chi connectivity index (χ2v) is 6.10. The number of thiazole rings is 1. The van der Waals surface area contributed by atoms with Gasteiger partial charge in [-0.1, -0.05) is 0 Å². The number of ether oxygens (including phenoxy) is 1. The van der Waals surface area contributed by atoms with E-state index in [-0.39, 0.29) is 18.1 Å². The van der Waals surface area contributed by atoms with Crippen LogP contribution >= 0.6 is 11.3 Å². The molecule has 2 N–H and O–H groups in total. The van der Waals surface area contributed by atoms with Gasteiger partial charge >= 0.3 is 0 Å². The van der Waals surface area contributed by atoms with Crippen molar-refractivity contribution in [3.05, 3.63) is 11.1 Å². The number of amides is 1. The van der Waals surface area contributed by atoms with Crippen LogP contribution in [0.2, 0.25) is 0 Å². The van der Waals surface area contributed by atoms with Crippen molar-refractivity contribution in [2.75, 3.05) is 25.0 Å². The molecule has 1 saturated heterocycles. The van der Waals surface area contributed by atoms with Gasteiger partial charge in [0.2, 0.25) is 0 Å². The van der Waals surface area contributed by atoms with E-state index in [2.05, 4.69) is 15.6 Å². The molecule has 6 heteroatoms. The zero-order valence-corrected chi connectivity index (χ0v) is 11.2. The summed E-state index contributed by atoms with van der Waals surface area (Å²) in [5.41, 5.74) is 0.936. The third kappa shape index (κ3) is 2.71. The molecule has 1 aromatic heterocycles. The minimum absolute atomic E-state index is 0.0938. The fourth-order valence-electron chi connectivity index (χ4n) is 1.88. The van der Waals surface area contributed by atoms with Gasteiger partial charge in [0.05, 0.1) is 11.3 Å². The summed E-state index contributed by atoms with van der Waals surface area (Å²) in [6, 6.07) is 0. The Bertz CT molecular complexity index is 452. The molecule has 18 heavy (non-hydrogen) atoms. The number of hydrogen-bond acceptors (Lipinski definition) is 5. The Morgan fingerprint density at radius 1 is 1.67 bits per heavy atom. The van der Waals surface area contributed by atoms with Gasteiger partial charge in [-0.25, -0.2) is 4.98 Å². The number of nitrogens with one attached hydrogen (secondary N) is 2. The predicted molar refractivity (Wildman–Crippen MR) is 69.9 cm³/mol. The van der Waals surface area contributed by atoms with Crippen LogP contribution in [0.1, 0.15) is 31.4 Å². The number of aromatic nitrogens is 1. The minimum Gasteiger partial charge on any atom is -0.363 e. The largest absolute Gasteiger partial charge is 0.363 e. The van der Waals surface area contributed by atoms with E-state index in [0.717, 1.165) is 18.8 Å². The van der Waals surface area contributed by atoms with Crippen LogP contribution in [0.5, 0.6) is 0 Å². The molecule has 1 saturated carbocycles. The van der Waals surface area contributed by atoms with Crippen molar-refractivity contribution in [2.24, 2.45) is 0 Å². The second-order valence-electron chi connectivity index (χ2n) is 5.24. The van der Waals surface area contributed by atoms with E-state index < -0.39 is 0 Å². The monoisotopic (exact) mass is 267 g/mol. The highest BCUT2D eigenvalue weighted by molar-refractivity contribution is 7.13. The van der Waals surface area contributed by atoms with E-state index in [4.69, 9.17) is 4.74 Å². The van der Waals surface area contributed by atoms with Crippen LogP contribution < -0.4 is 10.6 Å². The summed E-state index contributed by atoms with van der Waals surface area (Å²) in [6.45, 7) is 3.72. The first-order valence-electron chi connectivity index (χ1n) is 6.25. The van der Waals surface area contributed by atoms with Gasteiger partial charge in [-0.15, -0.1) is 11.3 Å². The molecule has 0 unspecified atom stereocenters.